The Morgan fingerprint density at radius 2 is 1.89 bits per heavy atom. The van der Waals surface area contributed by atoms with Crippen LogP contribution < -0.4 is 10.6 Å². The number of nitrogens with one attached hydrogen (secondary N) is 1. The minimum atomic E-state index is -0.136. The van der Waals surface area contributed by atoms with E-state index in [1.54, 1.807) is 7.11 Å². The number of anilines is 1. The monoisotopic (exact) mass is 263 g/mol. The lowest BCUT2D eigenvalue weighted by Gasteiger charge is -2.30. The molecule has 0 saturated carbocycles. The van der Waals surface area contributed by atoms with E-state index in [0.717, 1.165) is 25.2 Å². The third kappa shape index (κ3) is 5.75. The molecular formula is C15H25N3O. The van der Waals surface area contributed by atoms with E-state index in [4.69, 9.17) is 15.9 Å². The van der Waals surface area contributed by atoms with E-state index in [1.807, 2.05) is 18.2 Å². The highest BCUT2D eigenvalue weighted by Gasteiger charge is 2.18. The molecule has 0 aliphatic heterocycles. The molecule has 0 bridgehead atoms. The van der Waals surface area contributed by atoms with Gasteiger partial charge < -0.3 is 15.4 Å². The van der Waals surface area contributed by atoms with Crippen LogP contribution in [0.5, 0.6) is 0 Å². The molecule has 0 aliphatic rings. The molecule has 0 unspecified atom stereocenters. The third-order valence-electron chi connectivity index (χ3n) is 3.31. The fraction of sp³-hybridized carbons (Fsp3) is 0.533. The summed E-state index contributed by atoms with van der Waals surface area (Å²) in [5.74, 6) is 0.229. The number of nitrogens with two attached hydrogens (primary N) is 1. The SMILES string of the molecule is COC(C)(C)CCN(CCC(=N)N)c1ccccc1. The number of hydrogen-bond acceptors (Lipinski definition) is 3. The Morgan fingerprint density at radius 1 is 1.26 bits per heavy atom. The van der Waals surface area contributed by atoms with Crippen molar-refractivity contribution in [3.63, 3.8) is 0 Å². The molecule has 0 heterocycles. The number of benzene rings is 1. The fourth-order valence-corrected chi connectivity index (χ4v) is 1.77. The molecule has 0 spiro atoms. The van der Waals surface area contributed by atoms with E-state index in [0.29, 0.717) is 6.42 Å². The van der Waals surface area contributed by atoms with Gasteiger partial charge in [0.15, 0.2) is 0 Å². The summed E-state index contributed by atoms with van der Waals surface area (Å²) in [6.07, 6.45) is 1.51. The summed E-state index contributed by atoms with van der Waals surface area (Å²) >= 11 is 0. The van der Waals surface area contributed by atoms with Crippen LogP contribution in [0.3, 0.4) is 0 Å². The molecule has 4 heteroatoms. The number of amidine groups is 1. The molecule has 0 amide bonds. The molecule has 19 heavy (non-hydrogen) atoms. The van der Waals surface area contributed by atoms with Crippen LogP contribution in [0.2, 0.25) is 0 Å². The van der Waals surface area contributed by atoms with Crippen LogP contribution in [-0.2, 0) is 4.74 Å². The molecule has 0 atom stereocenters. The highest BCUT2D eigenvalue weighted by molar-refractivity contribution is 5.77. The first-order valence-corrected chi connectivity index (χ1v) is 6.62. The molecule has 4 nitrogen and oxygen atoms in total. The zero-order valence-electron chi connectivity index (χ0n) is 12.1. The molecule has 0 saturated heterocycles. The summed E-state index contributed by atoms with van der Waals surface area (Å²) in [4.78, 5) is 2.25. The van der Waals surface area contributed by atoms with Crippen molar-refractivity contribution in [3.8, 4) is 0 Å². The van der Waals surface area contributed by atoms with E-state index >= 15 is 0 Å². The lowest BCUT2D eigenvalue weighted by atomic mass is 10.0. The van der Waals surface area contributed by atoms with Crippen LogP contribution in [0, 0.1) is 5.41 Å². The molecule has 0 aliphatic carbocycles. The number of para-hydroxylation sites is 1. The predicted molar refractivity (Wildman–Crippen MR) is 80.9 cm³/mol. The largest absolute Gasteiger partial charge is 0.388 e. The normalized spacial score (nSPS) is 11.3. The summed E-state index contributed by atoms with van der Waals surface area (Å²) in [6.45, 7) is 5.82. The van der Waals surface area contributed by atoms with Gasteiger partial charge in [0.25, 0.3) is 0 Å². The van der Waals surface area contributed by atoms with Crippen molar-refractivity contribution in [1.82, 2.24) is 0 Å². The van der Waals surface area contributed by atoms with E-state index in [9.17, 15) is 0 Å². The van der Waals surface area contributed by atoms with E-state index in [2.05, 4.69) is 30.9 Å². The van der Waals surface area contributed by atoms with Crippen LogP contribution >= 0.6 is 0 Å². The summed E-state index contributed by atoms with van der Waals surface area (Å²) in [5, 5.41) is 7.37. The standard InChI is InChI=1S/C15H25N3O/c1-15(2,19-3)10-12-18(11-9-14(16)17)13-7-5-4-6-8-13/h4-8H,9-12H2,1-3H3,(H3,16,17). The first-order valence-electron chi connectivity index (χ1n) is 6.62. The van der Waals surface area contributed by atoms with Crippen molar-refractivity contribution < 1.29 is 4.74 Å². The first kappa shape index (κ1) is 15.5. The molecule has 1 rings (SSSR count). The number of methoxy groups -OCH3 is 1. The Bertz CT molecular complexity index is 390. The van der Waals surface area contributed by atoms with Gasteiger partial charge in [-0.05, 0) is 32.4 Å². The second-order valence-electron chi connectivity index (χ2n) is 5.31. The molecule has 0 radical (unpaired) electrons. The molecule has 0 aromatic heterocycles. The van der Waals surface area contributed by atoms with Crippen molar-refractivity contribution in [3.05, 3.63) is 30.3 Å². The maximum atomic E-state index is 7.37. The Labute approximate surface area is 116 Å². The third-order valence-corrected chi connectivity index (χ3v) is 3.31. The van der Waals surface area contributed by atoms with Gasteiger partial charge in [0.2, 0.25) is 0 Å². The second kappa shape index (κ2) is 7.14. The van der Waals surface area contributed by atoms with E-state index in [-0.39, 0.29) is 11.4 Å². The van der Waals surface area contributed by atoms with Gasteiger partial charge in [0, 0.05) is 32.3 Å². The van der Waals surface area contributed by atoms with Crippen LogP contribution in [0.15, 0.2) is 30.3 Å². The van der Waals surface area contributed by atoms with Gasteiger partial charge in [-0.15, -0.1) is 0 Å². The van der Waals surface area contributed by atoms with Gasteiger partial charge in [0.1, 0.15) is 0 Å². The van der Waals surface area contributed by atoms with Gasteiger partial charge in [0.05, 0.1) is 11.4 Å². The maximum absolute atomic E-state index is 7.37. The Morgan fingerprint density at radius 3 is 2.42 bits per heavy atom. The highest BCUT2D eigenvalue weighted by Crippen LogP contribution is 2.18. The minimum Gasteiger partial charge on any atom is -0.388 e. The van der Waals surface area contributed by atoms with Crippen LogP contribution in [0.4, 0.5) is 5.69 Å². The van der Waals surface area contributed by atoms with Crippen molar-refractivity contribution in [2.75, 3.05) is 25.1 Å². The van der Waals surface area contributed by atoms with Gasteiger partial charge >= 0.3 is 0 Å². The number of hydrogen-bond donors (Lipinski definition) is 2. The molecule has 1 aromatic rings. The van der Waals surface area contributed by atoms with Gasteiger partial charge in [-0.3, -0.25) is 5.41 Å². The first-order chi connectivity index (χ1) is 8.94. The van der Waals surface area contributed by atoms with Crippen molar-refractivity contribution >= 4 is 11.5 Å². The summed E-state index contributed by atoms with van der Waals surface area (Å²) in [7, 11) is 1.74. The Hall–Kier alpha value is -1.55. The average molecular weight is 263 g/mol. The minimum absolute atomic E-state index is 0.136. The van der Waals surface area contributed by atoms with Gasteiger partial charge in [-0.2, -0.15) is 0 Å². The van der Waals surface area contributed by atoms with Crippen molar-refractivity contribution in [2.24, 2.45) is 5.73 Å². The van der Waals surface area contributed by atoms with Crippen LogP contribution in [0.1, 0.15) is 26.7 Å². The van der Waals surface area contributed by atoms with Gasteiger partial charge in [-0.25, -0.2) is 0 Å². The zero-order chi connectivity index (χ0) is 14.3. The topological polar surface area (TPSA) is 62.3 Å². The summed E-state index contributed by atoms with van der Waals surface area (Å²) < 4.78 is 5.46. The van der Waals surface area contributed by atoms with Crippen LogP contribution in [-0.4, -0.2) is 31.6 Å². The number of nitrogens with zero attached hydrogens (tertiary/aromatic N) is 1. The lowest BCUT2D eigenvalue weighted by molar-refractivity contribution is 0.0172. The second-order valence-corrected chi connectivity index (χ2v) is 5.31. The quantitative estimate of drug-likeness (QED) is 0.560. The fourth-order valence-electron chi connectivity index (χ4n) is 1.77. The smallest absolute Gasteiger partial charge is 0.0923 e. The van der Waals surface area contributed by atoms with E-state index in [1.165, 1.54) is 0 Å². The van der Waals surface area contributed by atoms with E-state index < -0.39 is 0 Å². The van der Waals surface area contributed by atoms with Crippen LogP contribution in [0.25, 0.3) is 0 Å². The van der Waals surface area contributed by atoms with Crippen molar-refractivity contribution in [1.29, 1.82) is 5.41 Å². The lowest BCUT2D eigenvalue weighted by Crippen LogP contribution is -2.34. The van der Waals surface area contributed by atoms with Gasteiger partial charge in [-0.1, -0.05) is 18.2 Å². The number of rotatable bonds is 8. The predicted octanol–water partition coefficient (Wildman–Crippen LogP) is 2.63. The molecule has 0 fully saturated rings. The summed E-state index contributed by atoms with van der Waals surface area (Å²) in [6, 6.07) is 10.2. The summed E-state index contributed by atoms with van der Waals surface area (Å²) in [5.41, 5.74) is 6.49. The zero-order valence-corrected chi connectivity index (χ0v) is 12.1. The Kier molecular flexibility index (Phi) is 5.83. The molecule has 3 N–H and O–H groups in total. The highest BCUT2D eigenvalue weighted by atomic mass is 16.5. The molecule has 1 aromatic carbocycles. The average Bonchev–Trinajstić information content (AvgIpc) is 2.39. The number of ether oxygens (including phenoxy) is 1. The van der Waals surface area contributed by atoms with Crippen molar-refractivity contribution in [2.45, 2.75) is 32.3 Å². The molecular weight excluding hydrogens is 238 g/mol. The molecule has 106 valence electrons. The maximum Gasteiger partial charge on any atom is 0.0923 e. The Balaban J connectivity index is 2.67.